The fourth-order valence-corrected chi connectivity index (χ4v) is 1.66. The lowest BCUT2D eigenvalue weighted by Crippen LogP contribution is -2.03. The van der Waals surface area contributed by atoms with Crippen molar-refractivity contribution >= 4 is 11.7 Å². The number of anilines is 1. The number of aromatic carboxylic acids is 1. The molecule has 0 radical (unpaired) electrons. The zero-order valence-corrected chi connectivity index (χ0v) is 9.45. The van der Waals surface area contributed by atoms with Gasteiger partial charge in [0.1, 0.15) is 0 Å². The maximum absolute atomic E-state index is 13.6. The first-order chi connectivity index (χ1) is 8.91. The van der Waals surface area contributed by atoms with E-state index in [1.807, 2.05) is 0 Å². The van der Waals surface area contributed by atoms with Crippen molar-refractivity contribution in [2.24, 2.45) is 0 Å². The van der Waals surface area contributed by atoms with E-state index in [2.05, 4.69) is 0 Å². The molecule has 2 aromatic carbocycles. The third kappa shape index (κ3) is 2.24. The monoisotopic (exact) mass is 267 g/mol. The number of carboxylic acid groups (broad SMARTS) is 1. The molecule has 0 amide bonds. The topological polar surface area (TPSA) is 63.3 Å². The van der Waals surface area contributed by atoms with E-state index in [-0.39, 0.29) is 22.4 Å². The van der Waals surface area contributed by atoms with Gasteiger partial charge in [-0.15, -0.1) is 0 Å². The molecule has 0 atom stereocenters. The number of nitrogen functional groups attached to an aromatic ring is 1. The van der Waals surface area contributed by atoms with Crippen LogP contribution in [0.3, 0.4) is 0 Å². The van der Waals surface area contributed by atoms with Crippen molar-refractivity contribution in [1.29, 1.82) is 0 Å². The molecular weight excluding hydrogens is 259 g/mol. The van der Waals surface area contributed by atoms with Crippen LogP contribution in [-0.4, -0.2) is 11.1 Å². The van der Waals surface area contributed by atoms with E-state index in [0.717, 1.165) is 18.2 Å². The Hall–Kier alpha value is -2.50. The summed E-state index contributed by atoms with van der Waals surface area (Å²) in [6.45, 7) is 0. The molecule has 0 aliphatic heterocycles. The van der Waals surface area contributed by atoms with Gasteiger partial charge in [-0.2, -0.15) is 0 Å². The summed E-state index contributed by atoms with van der Waals surface area (Å²) in [6, 6.07) is 5.50. The molecule has 0 saturated carbocycles. The molecule has 0 aliphatic rings. The van der Waals surface area contributed by atoms with Crippen molar-refractivity contribution in [2.75, 3.05) is 5.73 Å². The first-order valence-electron chi connectivity index (χ1n) is 5.18. The lowest BCUT2D eigenvalue weighted by Gasteiger charge is -2.07. The minimum atomic E-state index is -1.61. The van der Waals surface area contributed by atoms with E-state index in [0.29, 0.717) is 0 Å². The van der Waals surface area contributed by atoms with Crippen LogP contribution in [-0.2, 0) is 0 Å². The average Bonchev–Trinajstić information content (AvgIpc) is 2.37. The zero-order chi connectivity index (χ0) is 14.2. The molecule has 0 saturated heterocycles. The van der Waals surface area contributed by atoms with Gasteiger partial charge in [-0.25, -0.2) is 18.0 Å². The molecule has 6 heteroatoms. The molecule has 0 aliphatic carbocycles. The van der Waals surface area contributed by atoms with Crippen LogP contribution >= 0.6 is 0 Å². The highest BCUT2D eigenvalue weighted by molar-refractivity contribution is 5.95. The molecule has 0 heterocycles. The van der Waals surface area contributed by atoms with E-state index in [4.69, 9.17) is 10.8 Å². The Morgan fingerprint density at radius 1 is 1.05 bits per heavy atom. The fourth-order valence-electron chi connectivity index (χ4n) is 1.66. The third-order valence-corrected chi connectivity index (χ3v) is 2.63. The lowest BCUT2D eigenvalue weighted by molar-refractivity contribution is 0.0698. The van der Waals surface area contributed by atoms with Crippen LogP contribution in [0.1, 0.15) is 10.4 Å². The Morgan fingerprint density at radius 3 is 2.37 bits per heavy atom. The number of carboxylic acids is 1. The second kappa shape index (κ2) is 4.64. The lowest BCUT2D eigenvalue weighted by atomic mass is 10.0. The molecule has 2 aromatic rings. The molecule has 3 N–H and O–H groups in total. The van der Waals surface area contributed by atoms with Crippen molar-refractivity contribution < 1.29 is 23.1 Å². The SMILES string of the molecule is Nc1ccc(-c2ccc(F)c(F)c2F)cc1C(=O)O. The summed E-state index contributed by atoms with van der Waals surface area (Å²) in [5.41, 5.74) is 5.08. The van der Waals surface area contributed by atoms with Crippen LogP contribution in [0.4, 0.5) is 18.9 Å². The highest BCUT2D eigenvalue weighted by Crippen LogP contribution is 2.28. The van der Waals surface area contributed by atoms with Crippen molar-refractivity contribution in [3.8, 4) is 11.1 Å². The van der Waals surface area contributed by atoms with E-state index >= 15 is 0 Å². The predicted molar refractivity (Wildman–Crippen MR) is 63.1 cm³/mol. The Balaban J connectivity index is 2.63. The fraction of sp³-hybridized carbons (Fsp3) is 0. The molecule has 2 rings (SSSR count). The molecule has 0 unspecified atom stereocenters. The normalized spacial score (nSPS) is 10.5. The van der Waals surface area contributed by atoms with Crippen molar-refractivity contribution in [1.82, 2.24) is 0 Å². The standard InChI is InChI=1S/C13H8F3NO2/c14-9-3-2-7(11(15)12(9)16)6-1-4-10(17)8(5-6)13(18)19/h1-5H,17H2,(H,18,19). The van der Waals surface area contributed by atoms with E-state index in [1.54, 1.807) is 0 Å². The minimum absolute atomic E-state index is 0.000702. The summed E-state index contributed by atoms with van der Waals surface area (Å²) in [6.07, 6.45) is 0. The number of nitrogens with two attached hydrogens (primary N) is 1. The van der Waals surface area contributed by atoms with Crippen LogP contribution in [0.5, 0.6) is 0 Å². The zero-order valence-electron chi connectivity index (χ0n) is 9.45. The van der Waals surface area contributed by atoms with Gasteiger partial charge in [-0.05, 0) is 29.8 Å². The van der Waals surface area contributed by atoms with Gasteiger partial charge in [0.05, 0.1) is 5.56 Å². The Kier molecular flexibility index (Phi) is 3.16. The predicted octanol–water partition coefficient (Wildman–Crippen LogP) is 3.05. The summed E-state index contributed by atoms with van der Waals surface area (Å²) in [5.74, 6) is -5.58. The third-order valence-electron chi connectivity index (χ3n) is 2.63. The van der Waals surface area contributed by atoms with Crippen molar-refractivity contribution in [3.63, 3.8) is 0 Å². The van der Waals surface area contributed by atoms with Crippen LogP contribution < -0.4 is 5.73 Å². The maximum atomic E-state index is 13.6. The Labute approximate surface area is 106 Å². The quantitative estimate of drug-likeness (QED) is 0.649. The van der Waals surface area contributed by atoms with Gasteiger partial charge < -0.3 is 10.8 Å². The van der Waals surface area contributed by atoms with Crippen molar-refractivity contribution in [2.45, 2.75) is 0 Å². The molecular formula is C13H8F3NO2. The summed E-state index contributed by atoms with van der Waals surface area (Å²) in [7, 11) is 0. The highest BCUT2D eigenvalue weighted by Gasteiger charge is 2.16. The van der Waals surface area contributed by atoms with Gasteiger partial charge in [0.25, 0.3) is 0 Å². The number of carbonyl (C=O) groups is 1. The van der Waals surface area contributed by atoms with Crippen LogP contribution in [0.2, 0.25) is 0 Å². The van der Waals surface area contributed by atoms with E-state index in [1.165, 1.54) is 12.1 Å². The largest absolute Gasteiger partial charge is 0.478 e. The molecule has 3 nitrogen and oxygen atoms in total. The Morgan fingerprint density at radius 2 is 1.74 bits per heavy atom. The molecule has 0 aromatic heterocycles. The van der Waals surface area contributed by atoms with E-state index in [9.17, 15) is 18.0 Å². The first kappa shape index (κ1) is 12.9. The smallest absolute Gasteiger partial charge is 0.337 e. The second-order valence-corrected chi connectivity index (χ2v) is 3.83. The molecule has 19 heavy (non-hydrogen) atoms. The maximum Gasteiger partial charge on any atom is 0.337 e. The van der Waals surface area contributed by atoms with Gasteiger partial charge in [0.15, 0.2) is 17.5 Å². The number of hydrogen-bond acceptors (Lipinski definition) is 2. The van der Waals surface area contributed by atoms with Gasteiger partial charge in [-0.1, -0.05) is 6.07 Å². The Bertz CT molecular complexity index is 671. The second-order valence-electron chi connectivity index (χ2n) is 3.83. The van der Waals surface area contributed by atoms with Gasteiger partial charge in [0.2, 0.25) is 0 Å². The van der Waals surface area contributed by atoms with E-state index < -0.39 is 23.4 Å². The van der Waals surface area contributed by atoms with Gasteiger partial charge in [0, 0.05) is 11.3 Å². The van der Waals surface area contributed by atoms with Crippen LogP contribution in [0.25, 0.3) is 11.1 Å². The minimum Gasteiger partial charge on any atom is -0.478 e. The van der Waals surface area contributed by atoms with Crippen LogP contribution in [0.15, 0.2) is 30.3 Å². The number of halogens is 3. The number of benzene rings is 2. The molecule has 0 bridgehead atoms. The summed E-state index contributed by atoms with van der Waals surface area (Å²) in [4.78, 5) is 10.9. The summed E-state index contributed by atoms with van der Waals surface area (Å²) in [5, 5.41) is 8.90. The van der Waals surface area contributed by atoms with Crippen molar-refractivity contribution in [3.05, 3.63) is 53.3 Å². The van der Waals surface area contributed by atoms with Gasteiger partial charge >= 0.3 is 5.97 Å². The van der Waals surface area contributed by atoms with Gasteiger partial charge in [-0.3, -0.25) is 0 Å². The number of rotatable bonds is 2. The summed E-state index contributed by atoms with van der Waals surface area (Å²) >= 11 is 0. The molecule has 98 valence electrons. The summed E-state index contributed by atoms with van der Waals surface area (Å²) < 4.78 is 39.5. The first-order valence-corrected chi connectivity index (χ1v) is 5.18. The van der Waals surface area contributed by atoms with Crippen LogP contribution in [0, 0.1) is 17.5 Å². The molecule has 0 spiro atoms. The highest BCUT2D eigenvalue weighted by atomic mass is 19.2. The molecule has 0 fully saturated rings. The average molecular weight is 267 g/mol. The number of hydrogen-bond donors (Lipinski definition) is 2.